The van der Waals surface area contributed by atoms with Gasteiger partial charge in [-0.25, -0.2) is 4.79 Å². The molecule has 2 fully saturated rings. The maximum Gasteiger partial charge on any atom is 0.318 e. The molecule has 27 heteroatoms. The van der Waals surface area contributed by atoms with Crippen molar-refractivity contribution in [2.24, 2.45) is 29.0 Å². The molecule has 0 bridgehead atoms. The van der Waals surface area contributed by atoms with Crippen molar-refractivity contribution in [3.05, 3.63) is 29.8 Å². The molecule has 8 atom stereocenters. The summed E-state index contributed by atoms with van der Waals surface area (Å²) in [5.74, 6) is -9.34. The summed E-state index contributed by atoms with van der Waals surface area (Å²) >= 11 is 0. The molecule has 1 aromatic carbocycles. The zero-order chi connectivity index (χ0) is 53.7. The molecule has 14 N–H and O–H groups in total. The van der Waals surface area contributed by atoms with Gasteiger partial charge in [-0.3, -0.25) is 58.1 Å². The van der Waals surface area contributed by atoms with Crippen molar-refractivity contribution >= 4 is 92.6 Å². The average Bonchev–Trinajstić information content (AvgIpc) is 3.82. The van der Waals surface area contributed by atoms with Gasteiger partial charge in [0.15, 0.2) is 0 Å². The zero-order valence-corrected chi connectivity index (χ0v) is 42.6. The van der Waals surface area contributed by atoms with Crippen LogP contribution in [0, 0.1) is 11.8 Å². The fraction of sp³-hybridized carbons (Fsp3) is 0.600. The van der Waals surface area contributed by atoms with Gasteiger partial charge in [0.1, 0.15) is 48.0 Å². The molecule has 398 valence electrons. The standard InChI is InChI=1S/C45H68N12O13S2/c1-6-24(4)37-43(67)51-27(13-14-33(46)58)39(63)52-30(20-34(47)59)40(64)54-31(22-72-71-17-15-35(60)50-29(41(65)56-37)19-25-9-11-26(70-5)12-10-25)44(68)57-16-7-8-32(57)42(66)53-28(18-23(2)3)38(62)49-21-36(61)55-45(48)69/h9-12,23-24,27-32,37H,6-8,13-22H2,1-5H3,(H2,46,58)(H2,47,59)(H,49,62)(H,50,60)(H,51,67)(H,52,63)(H,53,66)(H,54,64)(H,56,65)(H3,48,55,61,69)/t24-,27-,28-,29-,30-,31-,32-,37-/m0/s1. The van der Waals surface area contributed by atoms with E-state index in [0.717, 1.165) is 21.6 Å². The molecule has 2 aliphatic heterocycles. The molecule has 13 amide bonds. The summed E-state index contributed by atoms with van der Waals surface area (Å²) in [5.41, 5.74) is 16.6. The number of hydrogen-bond acceptors (Lipinski definition) is 15. The Balaban J connectivity index is 2.01. The Bertz CT molecular complexity index is 2150. The number of likely N-dealkylation sites (tertiary alicyclic amines) is 1. The van der Waals surface area contributed by atoms with Gasteiger partial charge in [0.05, 0.1) is 20.1 Å². The van der Waals surface area contributed by atoms with Gasteiger partial charge in [-0.1, -0.05) is 67.8 Å². The smallest absolute Gasteiger partial charge is 0.318 e. The van der Waals surface area contributed by atoms with Gasteiger partial charge >= 0.3 is 6.03 Å². The number of urea groups is 1. The SMILES string of the molecule is CC[C@H](C)[C@@H]1NC(=O)[C@H](Cc2ccc(OC)cc2)NC(=O)CCSSC[C@@H](C(=O)N2CCC[C@H]2C(=O)N[C@@H](CC(C)C)C(=O)NCC(=O)NC(N)=O)NC(=O)[C@H](CC(N)=O)NC(=O)[C@H](CCC(N)=O)NC1=O. The Morgan fingerprint density at radius 2 is 1.47 bits per heavy atom. The van der Waals surface area contributed by atoms with Crippen LogP contribution in [-0.2, 0) is 59.2 Å². The Labute approximate surface area is 425 Å². The molecule has 72 heavy (non-hydrogen) atoms. The van der Waals surface area contributed by atoms with Gasteiger partial charge in [-0.2, -0.15) is 0 Å². The summed E-state index contributed by atoms with van der Waals surface area (Å²) < 4.78 is 5.25. The summed E-state index contributed by atoms with van der Waals surface area (Å²) in [7, 11) is 3.73. The average molecular weight is 1050 g/mol. The van der Waals surface area contributed by atoms with Crippen LogP contribution in [0.5, 0.6) is 5.75 Å². The predicted octanol–water partition coefficient (Wildman–Crippen LogP) is -2.53. The fourth-order valence-corrected chi connectivity index (χ4v) is 9.78. The molecule has 0 spiro atoms. The highest BCUT2D eigenvalue weighted by Gasteiger charge is 2.41. The van der Waals surface area contributed by atoms with E-state index in [9.17, 15) is 57.5 Å². The second-order valence-electron chi connectivity index (χ2n) is 17.8. The van der Waals surface area contributed by atoms with Crippen LogP contribution in [0.25, 0.3) is 0 Å². The highest BCUT2D eigenvalue weighted by molar-refractivity contribution is 8.76. The summed E-state index contributed by atoms with van der Waals surface area (Å²) in [6.07, 6.45) is -0.729. The van der Waals surface area contributed by atoms with Crippen LogP contribution in [0.4, 0.5) is 4.79 Å². The van der Waals surface area contributed by atoms with E-state index in [1.807, 2.05) is 5.32 Å². The van der Waals surface area contributed by atoms with Crippen molar-refractivity contribution in [2.45, 2.75) is 128 Å². The normalized spacial score (nSPS) is 22.6. The first-order valence-corrected chi connectivity index (χ1v) is 25.9. The molecule has 25 nitrogen and oxygen atoms in total. The van der Waals surface area contributed by atoms with Crippen molar-refractivity contribution in [1.29, 1.82) is 0 Å². The third-order valence-corrected chi connectivity index (χ3v) is 14.0. The van der Waals surface area contributed by atoms with Crippen LogP contribution in [0.3, 0.4) is 0 Å². The van der Waals surface area contributed by atoms with E-state index >= 15 is 0 Å². The van der Waals surface area contributed by atoms with Gasteiger partial charge < -0.3 is 64.1 Å². The van der Waals surface area contributed by atoms with Crippen molar-refractivity contribution in [3.63, 3.8) is 0 Å². The zero-order valence-electron chi connectivity index (χ0n) is 41.0. The highest BCUT2D eigenvalue weighted by Crippen LogP contribution is 2.26. The maximum atomic E-state index is 14.5. The van der Waals surface area contributed by atoms with Crippen molar-refractivity contribution < 1.29 is 62.3 Å². The first-order chi connectivity index (χ1) is 34.0. The van der Waals surface area contributed by atoms with Crippen molar-refractivity contribution in [3.8, 4) is 5.75 Å². The van der Waals surface area contributed by atoms with Crippen molar-refractivity contribution in [2.75, 3.05) is 31.7 Å². The number of hydrogen-bond donors (Lipinski definition) is 11. The van der Waals surface area contributed by atoms with Crippen LogP contribution in [0.2, 0.25) is 0 Å². The molecule has 0 aliphatic carbocycles. The lowest BCUT2D eigenvalue weighted by Gasteiger charge is -2.31. The molecule has 1 aromatic rings. The summed E-state index contributed by atoms with van der Waals surface area (Å²) in [4.78, 5) is 160. The quantitative estimate of drug-likeness (QED) is 0.0676. The first-order valence-electron chi connectivity index (χ1n) is 23.5. The summed E-state index contributed by atoms with van der Waals surface area (Å²) in [6, 6.07) is -3.88. The lowest BCUT2D eigenvalue weighted by Crippen LogP contribution is -2.61. The number of nitrogens with two attached hydrogens (primary N) is 3. The first kappa shape index (κ1) is 59.7. The Hall–Kier alpha value is -6.64. The lowest BCUT2D eigenvalue weighted by atomic mass is 9.96. The van der Waals surface area contributed by atoms with E-state index in [1.54, 1.807) is 52.0 Å². The number of benzene rings is 1. The van der Waals surface area contributed by atoms with Crippen molar-refractivity contribution in [1.82, 2.24) is 47.4 Å². The summed E-state index contributed by atoms with van der Waals surface area (Å²) in [5, 5.41) is 19.8. The van der Waals surface area contributed by atoms with Gasteiger partial charge in [0, 0.05) is 37.3 Å². The number of ether oxygens (including phenoxy) is 1. The van der Waals surface area contributed by atoms with Crippen LogP contribution in [-0.4, -0.2) is 150 Å². The van der Waals surface area contributed by atoms with E-state index < -0.39 is 139 Å². The molecule has 2 heterocycles. The number of carbonyl (C=O) groups is 12. The number of rotatable bonds is 18. The minimum absolute atomic E-state index is 0.00488. The maximum absolute atomic E-state index is 14.5. The number of primary amides is 3. The van der Waals surface area contributed by atoms with E-state index in [4.69, 9.17) is 21.9 Å². The molecule has 0 unspecified atom stereocenters. The van der Waals surface area contributed by atoms with E-state index in [1.165, 1.54) is 12.0 Å². The molecule has 0 saturated carbocycles. The monoisotopic (exact) mass is 1050 g/mol. The minimum Gasteiger partial charge on any atom is -0.497 e. The van der Waals surface area contributed by atoms with E-state index in [-0.39, 0.29) is 56.1 Å². The topological polar surface area (TPSA) is 392 Å². The van der Waals surface area contributed by atoms with Crippen LogP contribution in [0.1, 0.15) is 84.6 Å². The van der Waals surface area contributed by atoms with Crippen LogP contribution >= 0.6 is 21.6 Å². The molecular formula is C45H68N12O13S2. The van der Waals surface area contributed by atoms with E-state index in [0.29, 0.717) is 24.2 Å². The van der Waals surface area contributed by atoms with Gasteiger partial charge in [0.2, 0.25) is 65.0 Å². The number of methoxy groups -OCH3 is 1. The number of nitrogens with zero attached hydrogens (tertiary/aromatic N) is 1. The minimum atomic E-state index is -1.74. The fourth-order valence-electron chi connectivity index (χ4n) is 7.63. The molecule has 0 radical (unpaired) electrons. The molecule has 0 aromatic heterocycles. The number of nitrogens with one attached hydrogen (secondary N) is 8. The molecule has 2 aliphatic rings. The van der Waals surface area contributed by atoms with Gasteiger partial charge in [-0.15, -0.1) is 0 Å². The third kappa shape index (κ3) is 19.9. The molecular weight excluding hydrogens is 981 g/mol. The predicted molar refractivity (Wildman–Crippen MR) is 264 cm³/mol. The summed E-state index contributed by atoms with van der Waals surface area (Å²) in [6.45, 7) is 6.44. The van der Waals surface area contributed by atoms with Gasteiger partial charge in [-0.05, 0) is 55.2 Å². The second-order valence-corrected chi connectivity index (χ2v) is 20.4. The Kier molecular flexibility index (Phi) is 24.6. The third-order valence-electron chi connectivity index (χ3n) is 11.6. The number of amides is 13. The lowest BCUT2D eigenvalue weighted by molar-refractivity contribution is -0.142. The highest BCUT2D eigenvalue weighted by atomic mass is 33.1. The van der Waals surface area contributed by atoms with Crippen LogP contribution < -0.4 is 64.5 Å². The van der Waals surface area contributed by atoms with Gasteiger partial charge in [0.25, 0.3) is 0 Å². The molecule has 2 saturated heterocycles. The number of imide groups is 1. The molecule has 3 rings (SSSR count). The van der Waals surface area contributed by atoms with E-state index in [2.05, 4.69) is 37.2 Å². The number of carbonyl (C=O) groups excluding carboxylic acids is 12. The Morgan fingerprint density at radius 3 is 2.08 bits per heavy atom. The largest absolute Gasteiger partial charge is 0.497 e. The second kappa shape index (κ2) is 29.6. The van der Waals surface area contributed by atoms with Crippen LogP contribution in [0.15, 0.2) is 24.3 Å². The Morgan fingerprint density at radius 1 is 0.819 bits per heavy atom.